The number of anilines is 2. The maximum absolute atomic E-state index is 12.7. The Morgan fingerprint density at radius 1 is 1.27 bits per heavy atom. The predicted octanol–water partition coefficient (Wildman–Crippen LogP) is 4.31. The first-order valence-electron chi connectivity index (χ1n) is 8.52. The van der Waals surface area contributed by atoms with Crippen LogP contribution in [0, 0.1) is 27.7 Å². The molecule has 0 atom stereocenters. The number of aryl methyl sites for hydroxylation is 3. The number of rotatable bonds is 6. The lowest BCUT2D eigenvalue weighted by Crippen LogP contribution is -2.18. The average Bonchev–Trinajstić information content (AvgIpc) is 3.29. The molecule has 0 amide bonds. The Morgan fingerprint density at radius 3 is 2.60 bits per heavy atom. The highest BCUT2D eigenvalue weighted by molar-refractivity contribution is 7.93. The summed E-state index contributed by atoms with van der Waals surface area (Å²) >= 11 is 6.84. The van der Waals surface area contributed by atoms with E-state index in [1.165, 1.54) is 11.4 Å². The van der Waals surface area contributed by atoms with E-state index >= 15 is 0 Å². The molecule has 1 aromatic carbocycles. The van der Waals surface area contributed by atoms with E-state index in [4.69, 9.17) is 21.0 Å². The van der Waals surface area contributed by atoms with Crippen molar-refractivity contribution < 1.29 is 27.7 Å². The summed E-state index contributed by atoms with van der Waals surface area (Å²) in [5.74, 6) is -1.09. The van der Waals surface area contributed by atoms with Gasteiger partial charge in [0, 0.05) is 5.56 Å². The lowest BCUT2D eigenvalue weighted by molar-refractivity contribution is 0.0597. The predicted molar refractivity (Wildman–Crippen MR) is 113 cm³/mol. The lowest BCUT2D eigenvalue weighted by Gasteiger charge is -2.15. The molecule has 3 aromatic rings. The fourth-order valence-electron chi connectivity index (χ4n) is 2.73. The summed E-state index contributed by atoms with van der Waals surface area (Å²) in [7, 11) is -4.19. The summed E-state index contributed by atoms with van der Waals surface area (Å²) in [5, 5.41) is 15.1. The topological polar surface area (TPSA) is 131 Å². The van der Waals surface area contributed by atoms with Gasteiger partial charge in [0.1, 0.15) is 26.2 Å². The Labute approximate surface area is 181 Å². The minimum Gasteiger partial charge on any atom is -0.507 e. The molecule has 0 radical (unpaired) electrons. The number of sulfonamides is 1. The number of thiophene rings is 1. The molecule has 2 heterocycles. The molecule has 160 valence electrons. The molecule has 0 saturated carbocycles. The normalized spacial score (nSPS) is 11.4. The minimum atomic E-state index is -4.19. The number of halogens is 1. The van der Waals surface area contributed by atoms with Crippen LogP contribution in [0.3, 0.4) is 0 Å². The third-order valence-corrected chi connectivity index (χ3v) is 7.14. The maximum Gasteiger partial charge on any atom is 0.374 e. The van der Waals surface area contributed by atoms with Crippen LogP contribution in [0.15, 0.2) is 26.9 Å². The van der Waals surface area contributed by atoms with E-state index in [-0.39, 0.29) is 26.4 Å². The van der Waals surface area contributed by atoms with Gasteiger partial charge in [-0.1, -0.05) is 22.8 Å². The van der Waals surface area contributed by atoms with E-state index in [0.29, 0.717) is 22.5 Å². The van der Waals surface area contributed by atoms with E-state index in [1.54, 1.807) is 33.8 Å². The number of nitrogens with one attached hydrogen (secondary N) is 2. The number of nitrogens with zero attached hydrogens (tertiary/aromatic N) is 1. The van der Waals surface area contributed by atoms with Gasteiger partial charge < -0.3 is 14.5 Å². The number of aromatic nitrogens is 1. The number of hydrogen-bond donors (Lipinski definition) is 3. The summed E-state index contributed by atoms with van der Waals surface area (Å²) in [6.07, 6.45) is 0. The van der Waals surface area contributed by atoms with Crippen LogP contribution in [0.25, 0.3) is 0 Å². The molecule has 0 fully saturated rings. The second kappa shape index (κ2) is 8.17. The van der Waals surface area contributed by atoms with Crippen molar-refractivity contribution in [2.75, 3.05) is 10.2 Å². The smallest absolute Gasteiger partial charge is 0.374 e. The van der Waals surface area contributed by atoms with Gasteiger partial charge in [-0.15, -0.1) is 11.3 Å². The Kier molecular flexibility index (Phi) is 5.97. The van der Waals surface area contributed by atoms with Crippen LogP contribution in [-0.2, 0) is 14.9 Å². The minimum absolute atomic E-state index is 0.0183. The van der Waals surface area contributed by atoms with Gasteiger partial charge in [-0.25, -0.2) is 23.4 Å². The van der Waals surface area contributed by atoms with E-state index < -0.39 is 16.0 Å². The molecule has 0 saturated heterocycles. The summed E-state index contributed by atoms with van der Waals surface area (Å²) in [4.78, 5) is 17.2. The highest BCUT2D eigenvalue weighted by Gasteiger charge is 2.28. The Morgan fingerprint density at radius 2 is 1.97 bits per heavy atom. The summed E-state index contributed by atoms with van der Waals surface area (Å²) in [5.41, 5.74) is 5.16. The number of hydrogen-bond acceptors (Lipinski definition) is 9. The summed E-state index contributed by atoms with van der Waals surface area (Å²) in [6.45, 7) is 6.75. The number of aromatic hydroxyl groups is 1. The number of carbonyl (C=O) groups excluding carboxylic acids is 1. The molecule has 0 bridgehead atoms. The number of benzene rings is 1. The fraction of sp³-hybridized carbons (Fsp3) is 0.222. The summed E-state index contributed by atoms with van der Waals surface area (Å²) < 4.78 is 32.4. The standard InChI is InChI=1S/C18H18ClN3O6S2/c1-8-7-9(2)15(23)10(3)14(8)21-28-18(24)16-12(5-6-29-16)30(25,26)22-17-13(19)11(4)20-27-17/h5-7,21-23H,1-4H3. The van der Waals surface area contributed by atoms with Crippen molar-refractivity contribution in [1.29, 1.82) is 0 Å². The van der Waals surface area contributed by atoms with Crippen molar-refractivity contribution in [3.05, 3.63) is 49.8 Å². The zero-order chi connectivity index (χ0) is 22.2. The molecule has 30 heavy (non-hydrogen) atoms. The van der Waals surface area contributed by atoms with Crippen LogP contribution in [-0.4, -0.2) is 24.7 Å². The molecule has 9 nitrogen and oxygen atoms in total. The Balaban J connectivity index is 1.82. The zero-order valence-electron chi connectivity index (χ0n) is 16.4. The first-order valence-corrected chi connectivity index (χ1v) is 11.3. The van der Waals surface area contributed by atoms with Crippen molar-refractivity contribution in [2.45, 2.75) is 32.6 Å². The molecular weight excluding hydrogens is 454 g/mol. The molecule has 2 aromatic heterocycles. The Bertz CT molecular complexity index is 1230. The van der Waals surface area contributed by atoms with E-state index in [1.807, 2.05) is 0 Å². The van der Waals surface area contributed by atoms with Crippen LogP contribution >= 0.6 is 22.9 Å². The number of phenols is 1. The van der Waals surface area contributed by atoms with Gasteiger partial charge in [0.25, 0.3) is 15.9 Å². The summed E-state index contributed by atoms with van der Waals surface area (Å²) in [6, 6.07) is 2.99. The number of carbonyl (C=O) groups is 1. The van der Waals surface area contributed by atoms with Crippen molar-refractivity contribution >= 4 is 50.5 Å². The largest absolute Gasteiger partial charge is 0.507 e. The van der Waals surface area contributed by atoms with E-state index in [9.17, 15) is 18.3 Å². The zero-order valence-corrected chi connectivity index (χ0v) is 18.8. The second-order valence-electron chi connectivity index (χ2n) is 6.48. The van der Waals surface area contributed by atoms with Gasteiger partial charge in [0.15, 0.2) is 0 Å². The van der Waals surface area contributed by atoms with Gasteiger partial charge in [0.2, 0.25) is 0 Å². The first-order chi connectivity index (χ1) is 14.0. The van der Waals surface area contributed by atoms with Gasteiger partial charge >= 0.3 is 5.97 Å². The molecule has 0 aliphatic carbocycles. The van der Waals surface area contributed by atoms with Crippen LogP contribution in [0.1, 0.15) is 32.1 Å². The van der Waals surface area contributed by atoms with Crippen molar-refractivity contribution in [3.8, 4) is 5.75 Å². The SMILES string of the molecule is Cc1cc(C)c(NOC(=O)c2sccc2S(=O)(=O)Nc2onc(C)c2Cl)c(C)c1O. The molecule has 0 aliphatic rings. The van der Waals surface area contributed by atoms with Gasteiger partial charge in [-0.2, -0.15) is 0 Å². The monoisotopic (exact) mass is 471 g/mol. The highest BCUT2D eigenvalue weighted by atomic mass is 35.5. The van der Waals surface area contributed by atoms with Gasteiger partial charge in [-0.3, -0.25) is 0 Å². The van der Waals surface area contributed by atoms with E-state index in [2.05, 4.69) is 15.4 Å². The first kappa shape index (κ1) is 21.9. The lowest BCUT2D eigenvalue weighted by atomic mass is 10.0. The average molecular weight is 472 g/mol. The number of phenolic OH excluding ortho intramolecular Hbond substituents is 1. The molecule has 0 unspecified atom stereocenters. The molecule has 0 aliphatic heterocycles. The third-order valence-electron chi connectivity index (χ3n) is 4.30. The van der Waals surface area contributed by atoms with Crippen LogP contribution in [0.5, 0.6) is 5.75 Å². The quantitative estimate of drug-likeness (QED) is 0.453. The molecular formula is C18H18ClN3O6S2. The maximum atomic E-state index is 12.7. The van der Waals surface area contributed by atoms with E-state index in [0.717, 1.165) is 16.9 Å². The van der Waals surface area contributed by atoms with Crippen molar-refractivity contribution in [1.82, 2.24) is 5.16 Å². The molecule has 3 rings (SSSR count). The third kappa shape index (κ3) is 4.09. The van der Waals surface area contributed by atoms with Crippen LogP contribution in [0.4, 0.5) is 11.6 Å². The van der Waals surface area contributed by atoms with Crippen LogP contribution < -0.4 is 10.2 Å². The Hall–Kier alpha value is -2.76. The van der Waals surface area contributed by atoms with Gasteiger partial charge in [-0.05, 0) is 50.3 Å². The highest BCUT2D eigenvalue weighted by Crippen LogP contribution is 2.33. The van der Waals surface area contributed by atoms with Crippen molar-refractivity contribution in [3.63, 3.8) is 0 Å². The molecule has 12 heteroatoms. The van der Waals surface area contributed by atoms with Gasteiger partial charge in [0.05, 0.1) is 5.69 Å². The second-order valence-corrected chi connectivity index (χ2v) is 9.43. The van der Waals surface area contributed by atoms with Crippen LogP contribution in [0.2, 0.25) is 5.02 Å². The molecule has 3 N–H and O–H groups in total. The van der Waals surface area contributed by atoms with Crippen molar-refractivity contribution in [2.24, 2.45) is 0 Å². The fourth-order valence-corrected chi connectivity index (χ4v) is 5.20. The molecule has 0 spiro atoms.